The molecule has 136 valence electrons. The number of rotatable bonds is 6. The van der Waals surface area contributed by atoms with E-state index in [2.05, 4.69) is 15.6 Å². The molecule has 0 saturated heterocycles. The molecule has 2 N–H and O–H groups in total. The topological polar surface area (TPSA) is 111 Å². The van der Waals surface area contributed by atoms with E-state index in [1.807, 2.05) is 0 Å². The van der Waals surface area contributed by atoms with Crippen LogP contribution in [0.15, 0.2) is 39.7 Å². The van der Waals surface area contributed by atoms with Crippen LogP contribution in [0.1, 0.15) is 18.6 Å². The molecule has 3 heterocycles. The number of imidazole rings is 1. The van der Waals surface area contributed by atoms with Crippen LogP contribution in [0.3, 0.4) is 0 Å². The van der Waals surface area contributed by atoms with E-state index in [-0.39, 0.29) is 36.9 Å². The molecule has 3 aromatic heterocycles. The van der Waals surface area contributed by atoms with Gasteiger partial charge in [0.2, 0.25) is 11.8 Å². The van der Waals surface area contributed by atoms with Gasteiger partial charge in [0.05, 0.1) is 18.3 Å². The zero-order chi connectivity index (χ0) is 18.7. The summed E-state index contributed by atoms with van der Waals surface area (Å²) in [5, 5.41) is 5.32. The van der Waals surface area contributed by atoms with Crippen LogP contribution in [0, 0.1) is 0 Å². The van der Waals surface area contributed by atoms with Gasteiger partial charge in [-0.15, -0.1) is 0 Å². The fourth-order valence-electron chi connectivity index (χ4n) is 2.56. The van der Waals surface area contributed by atoms with E-state index in [1.165, 1.54) is 15.4 Å². The van der Waals surface area contributed by atoms with Crippen LogP contribution < -0.4 is 16.3 Å². The number of nitrogens with zero attached hydrogens (tertiary/aromatic N) is 3. The molecule has 0 spiro atoms. The van der Waals surface area contributed by atoms with Crippen LogP contribution in [0.25, 0.3) is 11.2 Å². The highest BCUT2D eigenvalue weighted by Gasteiger charge is 2.12. The Morgan fingerprint density at radius 1 is 1.12 bits per heavy atom. The smallest absolute Gasteiger partial charge is 0.329 e. The van der Waals surface area contributed by atoms with Gasteiger partial charge in [-0.2, -0.15) is 0 Å². The molecule has 0 radical (unpaired) electrons. The monoisotopic (exact) mass is 357 g/mol. The Labute approximate surface area is 148 Å². The summed E-state index contributed by atoms with van der Waals surface area (Å²) in [6.45, 7) is 0.285. The van der Waals surface area contributed by atoms with Crippen molar-refractivity contribution in [1.29, 1.82) is 0 Å². The van der Waals surface area contributed by atoms with Crippen LogP contribution in [0.2, 0.25) is 0 Å². The highest BCUT2D eigenvalue weighted by atomic mass is 16.3. The first-order valence-corrected chi connectivity index (χ1v) is 8.07. The van der Waals surface area contributed by atoms with Gasteiger partial charge in [0.1, 0.15) is 11.6 Å². The first-order valence-electron chi connectivity index (χ1n) is 8.07. The molecule has 0 aromatic carbocycles. The number of fused-ring (bicyclic) bond motifs is 1. The van der Waals surface area contributed by atoms with Gasteiger partial charge < -0.3 is 15.1 Å². The van der Waals surface area contributed by atoms with Crippen molar-refractivity contribution in [2.45, 2.75) is 19.4 Å². The zero-order valence-electron chi connectivity index (χ0n) is 14.5. The molecule has 0 unspecified atom stereocenters. The Hall–Kier alpha value is -3.36. The van der Waals surface area contributed by atoms with Crippen molar-refractivity contribution in [2.75, 3.05) is 5.32 Å². The molecule has 0 bridgehead atoms. The summed E-state index contributed by atoms with van der Waals surface area (Å²) in [6, 6.07) is 6.83. The molecule has 0 aliphatic carbocycles. The predicted octanol–water partition coefficient (Wildman–Crippen LogP) is 0.900. The van der Waals surface area contributed by atoms with Crippen molar-refractivity contribution >= 4 is 28.8 Å². The number of aryl methyl sites for hydroxylation is 2. The summed E-state index contributed by atoms with van der Waals surface area (Å²) in [7, 11) is 3.28. The Bertz CT molecular complexity index is 1000. The van der Waals surface area contributed by atoms with Crippen LogP contribution >= 0.6 is 0 Å². The van der Waals surface area contributed by atoms with Crippen molar-refractivity contribution in [1.82, 2.24) is 19.4 Å². The maximum Gasteiger partial charge on any atom is 0.329 e. The van der Waals surface area contributed by atoms with Crippen molar-refractivity contribution in [3.05, 3.63) is 46.8 Å². The number of carbonyl (C=O) groups excluding carboxylic acids is 2. The molecule has 0 atom stereocenters. The van der Waals surface area contributed by atoms with E-state index in [0.717, 1.165) is 0 Å². The maximum atomic E-state index is 12.0. The number of furan rings is 1. The van der Waals surface area contributed by atoms with E-state index >= 15 is 0 Å². The Balaban J connectivity index is 1.54. The van der Waals surface area contributed by atoms with Crippen LogP contribution in [0.4, 0.5) is 5.82 Å². The van der Waals surface area contributed by atoms with Crippen LogP contribution in [-0.2, 0) is 30.2 Å². The fourth-order valence-corrected chi connectivity index (χ4v) is 2.56. The molecule has 26 heavy (non-hydrogen) atoms. The van der Waals surface area contributed by atoms with Crippen molar-refractivity contribution in [3.8, 4) is 0 Å². The summed E-state index contributed by atoms with van der Waals surface area (Å²) in [5.74, 6) is 0.407. The molecule has 3 rings (SSSR count). The van der Waals surface area contributed by atoms with Crippen molar-refractivity contribution < 1.29 is 14.0 Å². The Morgan fingerprint density at radius 3 is 2.62 bits per heavy atom. The van der Waals surface area contributed by atoms with E-state index < -0.39 is 0 Å². The minimum Gasteiger partial charge on any atom is -0.467 e. The highest BCUT2D eigenvalue weighted by Crippen LogP contribution is 2.13. The second-order valence-electron chi connectivity index (χ2n) is 5.84. The third-order valence-corrected chi connectivity index (χ3v) is 3.99. The standard InChI is InChI=1S/C17H19N5O4/c1-21-12-5-6-13(20-16(12)22(2)17(21)25)19-15(24)8-7-14(23)18-10-11-4-3-9-26-11/h3-6,9H,7-8,10H2,1-2H3,(H,18,23)(H,19,20,24). The third-order valence-electron chi connectivity index (χ3n) is 3.99. The number of nitrogens with one attached hydrogen (secondary N) is 2. The molecule has 9 nitrogen and oxygen atoms in total. The number of hydrogen-bond acceptors (Lipinski definition) is 5. The number of carbonyl (C=O) groups is 2. The number of aromatic nitrogens is 3. The maximum absolute atomic E-state index is 12.0. The SMILES string of the molecule is Cn1c(=O)n(C)c2nc(NC(=O)CCC(=O)NCc3ccco3)ccc21. The van der Waals surface area contributed by atoms with E-state index in [0.29, 0.717) is 22.7 Å². The summed E-state index contributed by atoms with van der Waals surface area (Å²) in [4.78, 5) is 40.0. The Kier molecular flexibility index (Phi) is 4.87. The van der Waals surface area contributed by atoms with Crippen molar-refractivity contribution in [3.63, 3.8) is 0 Å². The van der Waals surface area contributed by atoms with Gasteiger partial charge in [0.25, 0.3) is 0 Å². The molecule has 9 heteroatoms. The third kappa shape index (κ3) is 3.66. The molecule has 0 aliphatic rings. The van der Waals surface area contributed by atoms with Gasteiger partial charge in [-0.1, -0.05) is 0 Å². The van der Waals surface area contributed by atoms with Crippen LogP contribution in [-0.4, -0.2) is 25.9 Å². The lowest BCUT2D eigenvalue weighted by Crippen LogP contribution is -2.24. The minimum atomic E-state index is -0.328. The molecule has 0 saturated carbocycles. The van der Waals surface area contributed by atoms with Crippen LogP contribution in [0.5, 0.6) is 0 Å². The second kappa shape index (κ2) is 7.26. The lowest BCUT2D eigenvalue weighted by atomic mass is 10.2. The predicted molar refractivity (Wildman–Crippen MR) is 94.4 cm³/mol. The first kappa shape index (κ1) is 17.5. The number of hydrogen-bond donors (Lipinski definition) is 2. The Morgan fingerprint density at radius 2 is 1.88 bits per heavy atom. The minimum absolute atomic E-state index is 0.0252. The van der Waals surface area contributed by atoms with E-state index in [9.17, 15) is 14.4 Å². The quantitative estimate of drug-likeness (QED) is 0.681. The van der Waals surface area contributed by atoms with Gasteiger partial charge in [0, 0.05) is 26.9 Å². The number of pyridine rings is 1. The number of amides is 2. The van der Waals surface area contributed by atoms with E-state index in [1.54, 1.807) is 38.4 Å². The van der Waals surface area contributed by atoms with Gasteiger partial charge in [-0.25, -0.2) is 9.78 Å². The second-order valence-corrected chi connectivity index (χ2v) is 5.84. The summed E-state index contributed by atoms with van der Waals surface area (Å²) < 4.78 is 8.01. The number of anilines is 1. The average molecular weight is 357 g/mol. The molecular formula is C17H19N5O4. The van der Waals surface area contributed by atoms with Gasteiger partial charge in [-0.05, 0) is 24.3 Å². The van der Waals surface area contributed by atoms with Gasteiger partial charge in [0.15, 0.2) is 5.65 Å². The molecule has 0 fully saturated rings. The molecule has 3 aromatic rings. The summed E-state index contributed by atoms with van der Waals surface area (Å²) in [5.41, 5.74) is 0.962. The van der Waals surface area contributed by atoms with Gasteiger partial charge in [-0.3, -0.25) is 18.7 Å². The highest BCUT2D eigenvalue weighted by molar-refractivity contribution is 5.93. The molecule has 0 aliphatic heterocycles. The fraction of sp³-hybridized carbons (Fsp3) is 0.294. The lowest BCUT2D eigenvalue weighted by molar-refractivity contribution is -0.124. The van der Waals surface area contributed by atoms with E-state index in [4.69, 9.17) is 4.42 Å². The molecule has 2 amide bonds. The average Bonchev–Trinajstić information content (AvgIpc) is 3.22. The van der Waals surface area contributed by atoms with Crippen molar-refractivity contribution in [2.24, 2.45) is 14.1 Å². The summed E-state index contributed by atoms with van der Waals surface area (Å²) in [6.07, 6.45) is 1.61. The molecular weight excluding hydrogens is 338 g/mol. The first-order chi connectivity index (χ1) is 12.5. The normalized spacial score (nSPS) is 10.8. The zero-order valence-corrected chi connectivity index (χ0v) is 14.5. The van der Waals surface area contributed by atoms with Gasteiger partial charge >= 0.3 is 5.69 Å². The largest absolute Gasteiger partial charge is 0.467 e. The lowest BCUT2D eigenvalue weighted by Gasteiger charge is -2.06. The summed E-state index contributed by atoms with van der Waals surface area (Å²) >= 11 is 0.